The Morgan fingerprint density at radius 1 is 0.773 bits per heavy atom. The lowest BCUT2D eigenvalue weighted by Crippen LogP contribution is -2.53. The summed E-state index contributed by atoms with van der Waals surface area (Å²) >= 11 is 0. The third-order valence-corrected chi connectivity index (χ3v) is 3.18. The fraction of sp³-hybridized carbons (Fsp3) is 0.231. The van der Waals surface area contributed by atoms with Crippen LogP contribution in [0.1, 0.15) is 5.56 Å². The minimum Gasteiger partial charge on any atom is -0.508 e. The van der Waals surface area contributed by atoms with E-state index < -0.39 is 35.0 Å². The van der Waals surface area contributed by atoms with Gasteiger partial charge in [-0.25, -0.2) is 0 Å². The van der Waals surface area contributed by atoms with Crippen LogP contribution in [0.25, 0.3) is 10.8 Å². The molecular weight excluding hydrogens is 318 g/mol. The van der Waals surface area contributed by atoms with Crippen LogP contribution in [0.3, 0.4) is 0 Å². The molecule has 120 valence electrons. The molecule has 0 bridgehead atoms. The maximum absolute atomic E-state index is 12.8. The normalized spacial score (nSPS) is 13.6. The molecule has 0 heterocycles. The monoisotopic (exact) mass is 326 g/mol. The number of rotatable bonds is 1. The molecule has 0 atom stereocenters. The standard InChI is InChI=1S/C13H8F6O3/c14-12(15,16)11(22,13(17,18)19)8-4-6-2-1-3-9(20)7(6)5-10(8)21/h1-5,20-22H. The molecule has 0 aliphatic carbocycles. The SMILES string of the molecule is Oc1cc2c(O)cccc2cc1C(O)(C(F)(F)F)C(F)(F)F. The molecule has 9 heteroatoms. The molecule has 0 aliphatic heterocycles. The van der Waals surface area contributed by atoms with Crippen molar-refractivity contribution in [2.24, 2.45) is 0 Å². The van der Waals surface area contributed by atoms with Gasteiger partial charge in [0.25, 0.3) is 5.60 Å². The van der Waals surface area contributed by atoms with Crippen LogP contribution in [-0.2, 0) is 5.60 Å². The number of fused-ring (bicyclic) bond motifs is 1. The minimum atomic E-state index is -6.10. The molecule has 0 spiro atoms. The number of hydrogen-bond donors (Lipinski definition) is 3. The predicted octanol–water partition coefficient (Wildman–Crippen LogP) is 3.56. The molecule has 2 aromatic carbocycles. The molecule has 22 heavy (non-hydrogen) atoms. The second-order valence-corrected chi connectivity index (χ2v) is 4.57. The first-order valence-electron chi connectivity index (χ1n) is 5.70. The van der Waals surface area contributed by atoms with E-state index in [2.05, 4.69) is 0 Å². The van der Waals surface area contributed by atoms with Gasteiger partial charge in [0.05, 0.1) is 0 Å². The molecule has 3 N–H and O–H groups in total. The Balaban J connectivity index is 2.84. The molecule has 2 aromatic rings. The Bertz CT molecular complexity index is 706. The van der Waals surface area contributed by atoms with Crippen molar-refractivity contribution >= 4 is 10.8 Å². The second-order valence-electron chi connectivity index (χ2n) is 4.57. The fourth-order valence-electron chi connectivity index (χ4n) is 2.05. The number of halogens is 6. The van der Waals surface area contributed by atoms with Gasteiger partial charge in [0.2, 0.25) is 0 Å². The smallest absolute Gasteiger partial charge is 0.430 e. The highest BCUT2D eigenvalue weighted by molar-refractivity contribution is 5.90. The molecule has 3 nitrogen and oxygen atoms in total. The highest BCUT2D eigenvalue weighted by atomic mass is 19.4. The quantitative estimate of drug-likeness (QED) is 0.702. The van der Waals surface area contributed by atoms with Crippen LogP contribution in [0, 0.1) is 0 Å². The zero-order chi connectivity index (χ0) is 16.9. The van der Waals surface area contributed by atoms with E-state index in [4.69, 9.17) is 0 Å². The number of phenolic OH excluding ortho intramolecular Hbond substituents is 2. The Kier molecular flexibility index (Phi) is 3.44. The number of aromatic hydroxyl groups is 2. The Labute approximate surface area is 119 Å². The molecule has 0 saturated heterocycles. The van der Waals surface area contributed by atoms with Gasteiger partial charge in [-0.05, 0) is 23.6 Å². The summed E-state index contributed by atoms with van der Waals surface area (Å²) in [5, 5.41) is 27.9. The predicted molar refractivity (Wildman–Crippen MR) is 63.3 cm³/mol. The fourth-order valence-corrected chi connectivity index (χ4v) is 2.05. The van der Waals surface area contributed by atoms with Crippen LogP contribution >= 0.6 is 0 Å². The molecule has 0 radical (unpaired) electrons. The van der Waals surface area contributed by atoms with E-state index in [0.717, 1.165) is 12.1 Å². The summed E-state index contributed by atoms with van der Waals surface area (Å²) in [6, 6.07) is 4.33. The Morgan fingerprint density at radius 2 is 1.32 bits per heavy atom. The summed E-state index contributed by atoms with van der Waals surface area (Å²) in [6.45, 7) is 0. The number of hydrogen-bond acceptors (Lipinski definition) is 3. The summed E-state index contributed by atoms with van der Waals surface area (Å²) < 4.78 is 76.9. The van der Waals surface area contributed by atoms with Crippen molar-refractivity contribution in [2.45, 2.75) is 18.0 Å². The highest BCUT2D eigenvalue weighted by Gasteiger charge is 2.72. The number of phenols is 2. The van der Waals surface area contributed by atoms with Crippen LogP contribution < -0.4 is 0 Å². The van der Waals surface area contributed by atoms with E-state index in [1.54, 1.807) is 0 Å². The lowest BCUT2D eigenvalue weighted by molar-refractivity contribution is -0.376. The van der Waals surface area contributed by atoms with Crippen molar-refractivity contribution in [1.82, 2.24) is 0 Å². The van der Waals surface area contributed by atoms with Crippen molar-refractivity contribution in [1.29, 1.82) is 0 Å². The first-order chi connectivity index (χ1) is 9.89. The van der Waals surface area contributed by atoms with Gasteiger partial charge in [-0.15, -0.1) is 0 Å². The topological polar surface area (TPSA) is 60.7 Å². The maximum Gasteiger partial charge on any atom is 0.430 e. The van der Waals surface area contributed by atoms with Crippen LogP contribution in [0.15, 0.2) is 30.3 Å². The third kappa shape index (κ3) is 2.21. The third-order valence-electron chi connectivity index (χ3n) is 3.18. The molecule has 0 saturated carbocycles. The van der Waals surface area contributed by atoms with Gasteiger partial charge in [0, 0.05) is 10.9 Å². The van der Waals surface area contributed by atoms with Crippen LogP contribution in [-0.4, -0.2) is 27.7 Å². The average Bonchev–Trinajstić information content (AvgIpc) is 2.35. The Hall–Kier alpha value is -2.16. The van der Waals surface area contributed by atoms with Gasteiger partial charge in [0.1, 0.15) is 11.5 Å². The maximum atomic E-state index is 12.8. The lowest BCUT2D eigenvalue weighted by Gasteiger charge is -2.33. The zero-order valence-corrected chi connectivity index (χ0v) is 10.5. The van der Waals surface area contributed by atoms with Gasteiger partial charge >= 0.3 is 12.4 Å². The van der Waals surface area contributed by atoms with Crippen molar-refractivity contribution in [2.75, 3.05) is 0 Å². The van der Waals surface area contributed by atoms with E-state index in [-0.39, 0.29) is 10.8 Å². The average molecular weight is 326 g/mol. The molecule has 0 unspecified atom stereocenters. The van der Waals surface area contributed by atoms with Gasteiger partial charge < -0.3 is 15.3 Å². The van der Waals surface area contributed by atoms with Gasteiger partial charge in [0.15, 0.2) is 0 Å². The summed E-state index contributed by atoms with van der Waals surface area (Å²) in [5.41, 5.74) is -6.99. The van der Waals surface area contributed by atoms with E-state index in [1.165, 1.54) is 6.07 Å². The van der Waals surface area contributed by atoms with E-state index in [0.29, 0.717) is 12.1 Å². The summed E-state index contributed by atoms with van der Waals surface area (Å²) in [6.07, 6.45) is -12.2. The first kappa shape index (κ1) is 16.2. The zero-order valence-electron chi connectivity index (χ0n) is 10.5. The summed E-state index contributed by atoms with van der Waals surface area (Å²) in [7, 11) is 0. The summed E-state index contributed by atoms with van der Waals surface area (Å²) in [5.74, 6) is -1.88. The first-order valence-corrected chi connectivity index (χ1v) is 5.70. The van der Waals surface area contributed by atoms with E-state index >= 15 is 0 Å². The van der Waals surface area contributed by atoms with Crippen molar-refractivity contribution in [3.05, 3.63) is 35.9 Å². The van der Waals surface area contributed by atoms with Crippen LogP contribution in [0.4, 0.5) is 26.3 Å². The Morgan fingerprint density at radius 3 is 1.82 bits per heavy atom. The van der Waals surface area contributed by atoms with E-state index in [9.17, 15) is 41.7 Å². The molecule has 0 amide bonds. The van der Waals surface area contributed by atoms with Gasteiger partial charge in [-0.3, -0.25) is 0 Å². The molecular formula is C13H8F6O3. The lowest BCUT2D eigenvalue weighted by atomic mass is 9.89. The summed E-state index contributed by atoms with van der Waals surface area (Å²) in [4.78, 5) is 0. The molecule has 0 aliphatic rings. The van der Waals surface area contributed by atoms with Crippen molar-refractivity contribution in [3.8, 4) is 11.5 Å². The van der Waals surface area contributed by atoms with Gasteiger partial charge in [-0.1, -0.05) is 12.1 Å². The van der Waals surface area contributed by atoms with E-state index in [1.807, 2.05) is 0 Å². The van der Waals surface area contributed by atoms with Crippen molar-refractivity contribution < 1.29 is 41.7 Å². The highest BCUT2D eigenvalue weighted by Crippen LogP contribution is 2.53. The second kappa shape index (κ2) is 4.67. The molecule has 0 fully saturated rings. The largest absolute Gasteiger partial charge is 0.508 e. The number of benzene rings is 2. The number of aliphatic hydroxyl groups is 1. The van der Waals surface area contributed by atoms with Crippen molar-refractivity contribution in [3.63, 3.8) is 0 Å². The number of alkyl halides is 6. The molecule has 2 rings (SSSR count). The van der Waals surface area contributed by atoms with Crippen LogP contribution in [0.2, 0.25) is 0 Å². The minimum absolute atomic E-state index is 0.157. The van der Waals surface area contributed by atoms with Gasteiger partial charge in [-0.2, -0.15) is 26.3 Å². The van der Waals surface area contributed by atoms with Crippen LogP contribution in [0.5, 0.6) is 11.5 Å². The molecule has 0 aromatic heterocycles.